The van der Waals surface area contributed by atoms with Crippen molar-refractivity contribution in [1.29, 1.82) is 0 Å². The van der Waals surface area contributed by atoms with E-state index < -0.39 is 168 Å². The molecular formula is C32H18BrF39. The molecule has 0 heterocycles. The first kappa shape index (κ1) is 67.0. The smallest absolute Gasteiger partial charge is 0.200 e. The van der Waals surface area contributed by atoms with Gasteiger partial charge in [-0.05, 0) is 35.8 Å². The minimum Gasteiger partial charge on any atom is -0.200 e. The molecule has 0 aliphatic heterocycles. The minimum atomic E-state index is -8.89. The Bertz CT molecular complexity index is 1810. The fourth-order valence-corrected chi connectivity index (χ4v) is 6.20. The summed E-state index contributed by atoms with van der Waals surface area (Å²) in [7, 11) is 0. The fraction of sp³-hybridized carbons (Fsp3) is 0.812. The average molecular weight is 1220 g/mol. The highest BCUT2D eigenvalue weighted by molar-refractivity contribution is 9.08. The molecule has 0 N–H and O–H groups in total. The number of benzene rings is 1. The van der Waals surface area contributed by atoms with Crippen LogP contribution in [0.15, 0.2) is 24.3 Å². The van der Waals surface area contributed by atoms with E-state index in [1.54, 1.807) is 0 Å². The van der Waals surface area contributed by atoms with E-state index in [4.69, 9.17) is 0 Å². The third kappa shape index (κ3) is 9.97. The highest BCUT2D eigenvalue weighted by Crippen LogP contribution is 2.65. The molecule has 0 saturated carbocycles. The van der Waals surface area contributed by atoms with E-state index in [-0.39, 0.29) is 24.3 Å². The molecular weight excluding hydrogens is 1210 g/mol. The summed E-state index contributed by atoms with van der Waals surface area (Å²) in [5, 5.41) is -0.664. The molecule has 0 aromatic heterocycles. The summed E-state index contributed by atoms with van der Waals surface area (Å²) in [5.41, 5.74) is -7.23. The van der Waals surface area contributed by atoms with Crippen LogP contribution in [0.5, 0.6) is 0 Å². The van der Waals surface area contributed by atoms with Crippen molar-refractivity contribution in [3.8, 4) is 0 Å². The minimum absolute atomic E-state index is 0.203. The Morgan fingerprint density at radius 3 is 0.583 bits per heavy atom. The average Bonchev–Trinajstić information content (AvgIpc) is 3.18. The van der Waals surface area contributed by atoms with Crippen molar-refractivity contribution in [3.63, 3.8) is 0 Å². The summed E-state index contributed by atoms with van der Waals surface area (Å²) < 4.78 is 540. The van der Waals surface area contributed by atoms with Gasteiger partial charge in [0.1, 0.15) is 0 Å². The lowest BCUT2D eigenvalue weighted by Crippen LogP contribution is -2.70. The van der Waals surface area contributed by atoms with Gasteiger partial charge in [0.15, 0.2) is 0 Å². The zero-order valence-electron chi connectivity index (χ0n) is 32.9. The number of rotatable bonds is 23. The first-order chi connectivity index (χ1) is 30.9. The van der Waals surface area contributed by atoms with Gasteiger partial charge >= 0.3 is 107 Å². The molecule has 0 spiro atoms. The van der Waals surface area contributed by atoms with E-state index in [1.165, 1.54) is 0 Å². The summed E-state index contributed by atoms with van der Waals surface area (Å²) in [6, 6.07) is 0.0123. The van der Waals surface area contributed by atoms with Crippen molar-refractivity contribution in [3.05, 3.63) is 35.4 Å². The molecule has 0 fully saturated rings. The normalized spacial score (nSPS) is 16.4. The molecule has 0 saturated heterocycles. The van der Waals surface area contributed by atoms with Gasteiger partial charge in [-0.2, -0.15) is 171 Å². The zero-order valence-corrected chi connectivity index (χ0v) is 34.5. The van der Waals surface area contributed by atoms with Crippen LogP contribution in [0, 0.1) is 0 Å². The maximum atomic E-state index is 15.1. The van der Waals surface area contributed by atoms with E-state index in [0.29, 0.717) is 0 Å². The van der Waals surface area contributed by atoms with Gasteiger partial charge in [0.25, 0.3) is 0 Å². The molecule has 72 heavy (non-hydrogen) atoms. The molecule has 0 aliphatic rings. The van der Waals surface area contributed by atoms with Gasteiger partial charge in [-0.1, -0.05) is 40.2 Å². The third-order valence-corrected chi connectivity index (χ3v) is 11.1. The van der Waals surface area contributed by atoms with E-state index in [1.807, 2.05) is 0 Å². The second-order valence-corrected chi connectivity index (χ2v) is 15.7. The van der Waals surface area contributed by atoms with E-state index in [0.717, 1.165) is 0 Å². The van der Waals surface area contributed by atoms with Crippen LogP contribution in [0.1, 0.15) is 49.7 Å². The molecule has 1 rings (SSSR count). The molecule has 0 radical (unpaired) electrons. The predicted octanol–water partition coefficient (Wildman–Crippen LogP) is 17.4. The number of alkyl halides is 40. The van der Waals surface area contributed by atoms with Crippen molar-refractivity contribution in [2.45, 2.75) is 157 Å². The predicted molar refractivity (Wildman–Crippen MR) is 161 cm³/mol. The summed E-state index contributed by atoms with van der Waals surface area (Å²) in [4.78, 5) is 0. The van der Waals surface area contributed by atoms with Crippen molar-refractivity contribution >= 4 is 15.9 Å². The van der Waals surface area contributed by atoms with Crippen molar-refractivity contribution in [2.24, 2.45) is 0 Å². The van der Waals surface area contributed by atoms with E-state index >= 15 is 26.3 Å². The van der Waals surface area contributed by atoms with Crippen LogP contribution in [0.2, 0.25) is 0 Å². The maximum Gasteiger partial charge on any atom is 0.460 e. The number of halogens is 40. The fourth-order valence-electron chi connectivity index (χ4n) is 5.82. The second-order valence-electron chi connectivity index (χ2n) is 15.1. The second kappa shape index (κ2) is 18.6. The van der Waals surface area contributed by atoms with Crippen LogP contribution in [0.4, 0.5) is 171 Å². The first-order valence-corrected chi connectivity index (χ1v) is 18.6. The topological polar surface area (TPSA) is 0 Å². The van der Waals surface area contributed by atoms with E-state index in [2.05, 4.69) is 15.9 Å². The van der Waals surface area contributed by atoms with Gasteiger partial charge in [0.05, 0.1) is 0 Å². The van der Waals surface area contributed by atoms with Gasteiger partial charge < -0.3 is 0 Å². The molecule has 1 aromatic rings. The van der Waals surface area contributed by atoms with Crippen LogP contribution in [0.25, 0.3) is 0 Å². The quantitative estimate of drug-likeness (QED) is 0.0757. The summed E-state index contributed by atoms with van der Waals surface area (Å²) in [6.07, 6.45) is -47.0. The van der Waals surface area contributed by atoms with Gasteiger partial charge in [-0.25, -0.2) is 0 Å². The lowest BCUT2D eigenvalue weighted by molar-refractivity contribution is -0.441. The van der Waals surface area contributed by atoms with Crippen LogP contribution in [0.3, 0.4) is 0 Å². The lowest BCUT2D eigenvalue weighted by atomic mass is 9.67. The SMILES string of the molecule is FC(F)(F)C(F)(F)C(F)(F)C(F)(F)C(F)(F)C(F)(F)CCC(CCC(F)(F)C(F)(F)C(F)(F)C(F)(F)C(F)(F)C(F)(F)F)(CCC(F)(F)C(F)(F)C(F)(F)C(F)(F)C(F)(F)C(F)(F)F)c1ccc(CBr)cc1. The maximum absolute atomic E-state index is 15.1. The molecule has 0 bridgehead atoms. The van der Waals surface area contributed by atoms with E-state index in [9.17, 15) is 145 Å². The molecule has 0 amide bonds. The number of hydrogen-bond donors (Lipinski definition) is 0. The Morgan fingerprint density at radius 2 is 0.417 bits per heavy atom. The third-order valence-electron chi connectivity index (χ3n) is 10.5. The lowest BCUT2D eigenvalue weighted by Gasteiger charge is -2.43. The van der Waals surface area contributed by atoms with Crippen molar-refractivity contribution < 1.29 is 171 Å². The summed E-state index contributed by atoms with van der Waals surface area (Å²) in [6.45, 7) is 0. The molecule has 0 nitrogen and oxygen atoms in total. The van der Waals surface area contributed by atoms with Gasteiger partial charge in [-0.15, -0.1) is 0 Å². The Labute approximate surface area is 379 Å². The molecule has 0 aliphatic carbocycles. The summed E-state index contributed by atoms with van der Waals surface area (Å²) in [5.74, 6) is -128. The van der Waals surface area contributed by atoms with Crippen LogP contribution in [-0.4, -0.2) is 107 Å². The highest BCUT2D eigenvalue weighted by atomic mass is 79.9. The van der Waals surface area contributed by atoms with Crippen molar-refractivity contribution in [2.75, 3.05) is 0 Å². The Hall–Kier alpha value is -3.03. The first-order valence-electron chi connectivity index (χ1n) is 17.4. The van der Waals surface area contributed by atoms with Gasteiger partial charge in [-0.3, -0.25) is 0 Å². The molecule has 0 atom stereocenters. The Kier molecular flexibility index (Phi) is 17.3. The van der Waals surface area contributed by atoms with Gasteiger partial charge in [0, 0.05) is 24.6 Å². The van der Waals surface area contributed by atoms with Gasteiger partial charge in [0.2, 0.25) is 0 Å². The molecule has 1 aromatic carbocycles. The number of hydrogen-bond acceptors (Lipinski definition) is 0. The Morgan fingerprint density at radius 1 is 0.236 bits per heavy atom. The molecule has 426 valence electrons. The molecule has 40 heteroatoms. The van der Waals surface area contributed by atoms with Crippen molar-refractivity contribution in [1.82, 2.24) is 0 Å². The zero-order chi connectivity index (χ0) is 58.4. The Balaban J connectivity index is 4.48. The van der Waals surface area contributed by atoms with Crippen LogP contribution in [-0.2, 0) is 10.7 Å². The molecule has 0 unspecified atom stereocenters. The van der Waals surface area contributed by atoms with Crippen LogP contribution >= 0.6 is 15.9 Å². The van der Waals surface area contributed by atoms with Crippen LogP contribution < -0.4 is 0 Å². The largest absolute Gasteiger partial charge is 0.460 e. The summed E-state index contributed by atoms with van der Waals surface area (Å²) >= 11 is 2.53. The highest BCUT2D eigenvalue weighted by Gasteiger charge is 2.93. The monoisotopic (exact) mass is 1220 g/mol. The standard InChI is InChI=1S/C32H18BrF39/c33-11-12-1-3-13(4-2-12)14(5-8-15(34,35)18(40,41)21(46,47)24(52,53)27(58,59)30(64,65)66,6-9-16(36,37)19(42,43)22(48,49)25(54,55)28(60,61)31(67,68)69)7-10-17(38,39)20(44,45)23(50,51)26(56,57)29(62,63)32(70,71)72/h1-4H,5-11H2.